The fraction of sp³-hybridized carbons (Fsp3) is 0.294. The average molecular weight is 359 g/mol. The Kier molecular flexibility index (Phi) is 4.34. The van der Waals surface area contributed by atoms with Crippen LogP contribution in [0.3, 0.4) is 0 Å². The number of nitrogen functional groups attached to an aromatic ring is 1. The summed E-state index contributed by atoms with van der Waals surface area (Å²) in [5, 5.41) is 0.0489. The molecular formula is C17H15ClF4N2. The maximum atomic E-state index is 13.8. The van der Waals surface area contributed by atoms with E-state index in [1.165, 1.54) is 12.1 Å². The Bertz CT molecular complexity index is 774. The van der Waals surface area contributed by atoms with Gasteiger partial charge in [-0.05, 0) is 48.2 Å². The molecule has 1 aliphatic rings. The largest absolute Gasteiger partial charge is 0.416 e. The minimum Gasteiger partial charge on any atom is -0.396 e. The molecule has 0 radical (unpaired) electrons. The molecule has 2 aromatic rings. The molecule has 0 atom stereocenters. The van der Waals surface area contributed by atoms with Crippen LogP contribution in [0.25, 0.3) is 0 Å². The van der Waals surface area contributed by atoms with E-state index < -0.39 is 17.6 Å². The molecule has 2 N–H and O–H groups in total. The first-order valence-electron chi connectivity index (χ1n) is 7.44. The third-order valence-electron chi connectivity index (χ3n) is 4.15. The van der Waals surface area contributed by atoms with E-state index in [0.717, 1.165) is 30.5 Å². The number of rotatable bonds is 2. The van der Waals surface area contributed by atoms with Gasteiger partial charge in [0.15, 0.2) is 0 Å². The van der Waals surface area contributed by atoms with E-state index in [1.54, 1.807) is 6.07 Å². The van der Waals surface area contributed by atoms with Crippen LogP contribution in [-0.2, 0) is 19.1 Å². The van der Waals surface area contributed by atoms with Gasteiger partial charge in [-0.25, -0.2) is 4.39 Å². The van der Waals surface area contributed by atoms with Gasteiger partial charge in [0.25, 0.3) is 0 Å². The lowest BCUT2D eigenvalue weighted by molar-refractivity contribution is -0.137. The zero-order valence-corrected chi connectivity index (χ0v) is 13.4. The van der Waals surface area contributed by atoms with Crippen molar-refractivity contribution in [1.82, 2.24) is 0 Å². The van der Waals surface area contributed by atoms with Gasteiger partial charge >= 0.3 is 6.18 Å². The predicted octanol–water partition coefficient (Wildman–Crippen LogP) is 5.03. The van der Waals surface area contributed by atoms with Gasteiger partial charge in [0.05, 0.1) is 11.3 Å². The van der Waals surface area contributed by atoms with E-state index >= 15 is 0 Å². The summed E-state index contributed by atoms with van der Waals surface area (Å²) in [5.41, 5.74) is 7.13. The second-order valence-corrected chi connectivity index (χ2v) is 6.24. The highest BCUT2D eigenvalue weighted by atomic mass is 35.5. The molecule has 0 amide bonds. The van der Waals surface area contributed by atoms with Crippen molar-refractivity contribution < 1.29 is 17.6 Å². The van der Waals surface area contributed by atoms with Gasteiger partial charge in [-0.15, -0.1) is 0 Å². The van der Waals surface area contributed by atoms with Crippen molar-refractivity contribution in [3.63, 3.8) is 0 Å². The summed E-state index contributed by atoms with van der Waals surface area (Å²) in [6.07, 6.45) is -2.78. The molecule has 0 unspecified atom stereocenters. The number of benzene rings is 2. The zero-order valence-electron chi connectivity index (χ0n) is 12.6. The topological polar surface area (TPSA) is 29.3 Å². The summed E-state index contributed by atoms with van der Waals surface area (Å²) >= 11 is 6.02. The highest BCUT2D eigenvalue weighted by Gasteiger charge is 2.31. The normalized spacial score (nSPS) is 14.6. The molecule has 0 bridgehead atoms. The van der Waals surface area contributed by atoms with Gasteiger partial charge in [0, 0.05) is 23.8 Å². The van der Waals surface area contributed by atoms with Crippen LogP contribution >= 0.6 is 11.6 Å². The second kappa shape index (κ2) is 6.16. The van der Waals surface area contributed by atoms with Crippen molar-refractivity contribution >= 4 is 23.0 Å². The number of hydrogen-bond acceptors (Lipinski definition) is 2. The van der Waals surface area contributed by atoms with Gasteiger partial charge in [0.2, 0.25) is 0 Å². The summed E-state index contributed by atoms with van der Waals surface area (Å²) in [5.74, 6) is -0.501. The van der Waals surface area contributed by atoms with Crippen molar-refractivity contribution in [3.8, 4) is 0 Å². The number of alkyl halides is 3. The number of hydrogen-bond donors (Lipinski definition) is 1. The molecule has 24 heavy (non-hydrogen) atoms. The summed E-state index contributed by atoms with van der Waals surface area (Å²) < 4.78 is 51.9. The molecule has 0 saturated heterocycles. The van der Waals surface area contributed by atoms with Gasteiger partial charge < -0.3 is 10.6 Å². The third kappa shape index (κ3) is 3.29. The average Bonchev–Trinajstić information content (AvgIpc) is 2.50. The maximum absolute atomic E-state index is 13.8. The van der Waals surface area contributed by atoms with Gasteiger partial charge in [-0.1, -0.05) is 17.7 Å². The van der Waals surface area contributed by atoms with Crippen molar-refractivity contribution in [1.29, 1.82) is 0 Å². The lowest BCUT2D eigenvalue weighted by Gasteiger charge is -2.32. The van der Waals surface area contributed by atoms with E-state index in [9.17, 15) is 17.6 Å². The summed E-state index contributed by atoms with van der Waals surface area (Å²) in [4.78, 5) is 1.91. The smallest absolute Gasteiger partial charge is 0.396 e. The molecule has 1 aliphatic heterocycles. The molecule has 0 aromatic heterocycles. The molecule has 2 aromatic carbocycles. The summed E-state index contributed by atoms with van der Waals surface area (Å²) in [6, 6.07) is 6.29. The second-order valence-electron chi connectivity index (χ2n) is 5.83. The number of nitrogens with two attached hydrogens (primary N) is 1. The lowest BCUT2D eigenvalue weighted by atomic mass is 10.00. The number of aryl methyl sites for hydroxylation is 1. The molecule has 7 heteroatoms. The molecule has 0 aliphatic carbocycles. The fourth-order valence-corrected chi connectivity index (χ4v) is 3.16. The summed E-state index contributed by atoms with van der Waals surface area (Å²) in [7, 11) is 0. The Morgan fingerprint density at radius 2 is 1.92 bits per heavy atom. The molecule has 0 spiro atoms. The molecule has 3 rings (SSSR count). The quantitative estimate of drug-likeness (QED) is 0.602. The number of nitrogens with zero attached hydrogens (tertiary/aromatic N) is 1. The van der Waals surface area contributed by atoms with Crippen LogP contribution in [0.4, 0.5) is 28.9 Å². The van der Waals surface area contributed by atoms with Crippen LogP contribution in [0.15, 0.2) is 30.3 Å². The third-order valence-corrected chi connectivity index (χ3v) is 4.51. The molecule has 128 valence electrons. The van der Waals surface area contributed by atoms with Crippen molar-refractivity contribution in [2.75, 3.05) is 17.2 Å². The highest BCUT2D eigenvalue weighted by molar-refractivity contribution is 6.31. The van der Waals surface area contributed by atoms with Gasteiger partial charge in [-0.2, -0.15) is 13.2 Å². The Hall–Kier alpha value is -1.95. The monoisotopic (exact) mass is 358 g/mol. The maximum Gasteiger partial charge on any atom is 0.416 e. The van der Waals surface area contributed by atoms with E-state index in [0.29, 0.717) is 24.3 Å². The van der Waals surface area contributed by atoms with Crippen molar-refractivity contribution in [2.45, 2.75) is 25.6 Å². The lowest BCUT2D eigenvalue weighted by Crippen LogP contribution is -2.29. The van der Waals surface area contributed by atoms with Crippen LogP contribution in [0, 0.1) is 5.82 Å². The van der Waals surface area contributed by atoms with Crippen LogP contribution in [0.2, 0.25) is 5.02 Å². The van der Waals surface area contributed by atoms with E-state index in [4.69, 9.17) is 17.3 Å². The molecular weight excluding hydrogens is 344 g/mol. The minimum atomic E-state index is -4.43. The first-order chi connectivity index (χ1) is 11.3. The van der Waals surface area contributed by atoms with Gasteiger partial charge in [-0.3, -0.25) is 0 Å². The van der Waals surface area contributed by atoms with Crippen molar-refractivity contribution in [3.05, 3.63) is 57.9 Å². The predicted molar refractivity (Wildman–Crippen MR) is 86.6 cm³/mol. The van der Waals surface area contributed by atoms with Gasteiger partial charge in [0.1, 0.15) is 5.82 Å². The minimum absolute atomic E-state index is 0.0489. The first kappa shape index (κ1) is 16.9. The van der Waals surface area contributed by atoms with Crippen LogP contribution in [-0.4, -0.2) is 6.54 Å². The van der Waals surface area contributed by atoms with E-state index in [1.807, 2.05) is 4.90 Å². The van der Waals surface area contributed by atoms with Crippen LogP contribution in [0.1, 0.15) is 23.1 Å². The molecule has 1 heterocycles. The molecule has 0 fully saturated rings. The number of halogens is 5. The van der Waals surface area contributed by atoms with Crippen LogP contribution < -0.4 is 10.6 Å². The zero-order chi connectivity index (χ0) is 17.5. The molecule has 2 nitrogen and oxygen atoms in total. The van der Waals surface area contributed by atoms with Crippen LogP contribution in [0.5, 0.6) is 0 Å². The highest BCUT2D eigenvalue weighted by Crippen LogP contribution is 2.35. The fourth-order valence-electron chi connectivity index (χ4n) is 2.92. The summed E-state index contributed by atoms with van der Waals surface area (Å²) in [6.45, 7) is 0.987. The standard InChI is InChI=1S/C17H15ClF4N2/c18-13-7-12(17(20,21)22)4-3-11(13)9-24-5-1-2-10-6-15(23)14(19)8-16(10)24/h3-4,6-8H,1-2,5,9,23H2. The molecule has 0 saturated carbocycles. The first-order valence-corrected chi connectivity index (χ1v) is 7.82. The Morgan fingerprint density at radius 1 is 1.17 bits per heavy atom. The Labute approximate surface area is 141 Å². The van der Waals surface area contributed by atoms with E-state index in [-0.39, 0.29) is 10.7 Å². The number of fused-ring (bicyclic) bond motifs is 1. The Balaban J connectivity index is 1.90. The van der Waals surface area contributed by atoms with Crippen molar-refractivity contribution in [2.24, 2.45) is 0 Å². The van der Waals surface area contributed by atoms with E-state index in [2.05, 4.69) is 0 Å². The number of anilines is 2. The Morgan fingerprint density at radius 3 is 2.58 bits per heavy atom. The SMILES string of the molecule is Nc1cc2c(cc1F)N(Cc1ccc(C(F)(F)F)cc1Cl)CCC2.